The van der Waals surface area contributed by atoms with Gasteiger partial charge in [-0.3, -0.25) is 9.48 Å². The molecule has 0 bridgehead atoms. The first-order chi connectivity index (χ1) is 9.40. The average Bonchev–Trinajstić information content (AvgIpc) is 2.90. The lowest BCUT2D eigenvalue weighted by molar-refractivity contribution is -0.136. The van der Waals surface area contributed by atoms with Crippen molar-refractivity contribution in [3.63, 3.8) is 0 Å². The highest BCUT2D eigenvalue weighted by atomic mass is 16.4. The Bertz CT molecular complexity index is 627. The summed E-state index contributed by atoms with van der Waals surface area (Å²) in [6.07, 6.45) is 1.52. The standard InChI is InChI=1S/C13H19N5O2/c1-8(2)18-12(14-7-15-18)6-17-10(4)11(5-13(19)20)9(3)16-17/h7-8H,5-6H2,1-4H3,(H,19,20). The van der Waals surface area contributed by atoms with Gasteiger partial charge in [0.15, 0.2) is 0 Å². The number of nitrogens with zero attached hydrogens (tertiary/aromatic N) is 5. The minimum atomic E-state index is -0.846. The molecule has 0 saturated carbocycles. The summed E-state index contributed by atoms with van der Waals surface area (Å²) in [5, 5.41) is 17.5. The van der Waals surface area contributed by atoms with Gasteiger partial charge in [0.2, 0.25) is 0 Å². The highest BCUT2D eigenvalue weighted by molar-refractivity contribution is 5.70. The molecule has 0 amide bonds. The number of carboxylic acids is 1. The van der Waals surface area contributed by atoms with Crippen LogP contribution in [-0.4, -0.2) is 35.6 Å². The molecular formula is C13H19N5O2. The Morgan fingerprint density at radius 1 is 1.40 bits per heavy atom. The number of aliphatic carboxylic acids is 1. The Labute approximate surface area is 117 Å². The number of aromatic nitrogens is 5. The fourth-order valence-corrected chi connectivity index (χ4v) is 2.25. The van der Waals surface area contributed by atoms with Gasteiger partial charge >= 0.3 is 5.97 Å². The van der Waals surface area contributed by atoms with Crippen molar-refractivity contribution in [3.8, 4) is 0 Å². The number of hydrogen-bond acceptors (Lipinski definition) is 4. The molecule has 20 heavy (non-hydrogen) atoms. The molecule has 2 aromatic heterocycles. The van der Waals surface area contributed by atoms with Crippen LogP contribution in [0.5, 0.6) is 0 Å². The molecule has 1 N–H and O–H groups in total. The molecule has 0 aliphatic heterocycles. The molecule has 0 fully saturated rings. The van der Waals surface area contributed by atoms with Gasteiger partial charge in [0, 0.05) is 17.3 Å². The van der Waals surface area contributed by atoms with Crippen LogP contribution < -0.4 is 0 Å². The van der Waals surface area contributed by atoms with E-state index in [-0.39, 0.29) is 12.5 Å². The van der Waals surface area contributed by atoms with E-state index in [1.54, 1.807) is 4.68 Å². The summed E-state index contributed by atoms with van der Waals surface area (Å²) in [6, 6.07) is 0.225. The third-order valence-corrected chi connectivity index (χ3v) is 3.29. The van der Waals surface area contributed by atoms with Crippen molar-refractivity contribution in [2.75, 3.05) is 0 Å². The fourth-order valence-electron chi connectivity index (χ4n) is 2.25. The Morgan fingerprint density at radius 2 is 2.10 bits per heavy atom. The van der Waals surface area contributed by atoms with E-state index >= 15 is 0 Å². The maximum absolute atomic E-state index is 10.9. The van der Waals surface area contributed by atoms with Crippen molar-refractivity contribution in [2.45, 2.75) is 46.7 Å². The van der Waals surface area contributed by atoms with E-state index in [1.165, 1.54) is 6.33 Å². The molecule has 0 spiro atoms. The summed E-state index contributed by atoms with van der Waals surface area (Å²) in [6.45, 7) is 8.28. The molecule has 0 atom stereocenters. The van der Waals surface area contributed by atoms with E-state index in [0.717, 1.165) is 22.8 Å². The third kappa shape index (κ3) is 2.71. The van der Waals surface area contributed by atoms with E-state index in [4.69, 9.17) is 5.11 Å². The molecule has 0 radical (unpaired) electrons. The Hall–Kier alpha value is -2.18. The highest BCUT2D eigenvalue weighted by Crippen LogP contribution is 2.15. The van der Waals surface area contributed by atoms with Crippen molar-refractivity contribution < 1.29 is 9.90 Å². The predicted octanol–water partition coefficient (Wildman–Crippen LogP) is 1.35. The summed E-state index contributed by atoms with van der Waals surface area (Å²) in [5.74, 6) is -0.0337. The number of rotatable bonds is 5. The van der Waals surface area contributed by atoms with E-state index in [9.17, 15) is 4.79 Å². The largest absolute Gasteiger partial charge is 0.481 e. The highest BCUT2D eigenvalue weighted by Gasteiger charge is 2.16. The zero-order valence-electron chi connectivity index (χ0n) is 12.2. The van der Waals surface area contributed by atoms with Crippen LogP contribution >= 0.6 is 0 Å². The molecule has 0 aliphatic rings. The molecule has 0 aliphatic carbocycles. The summed E-state index contributed by atoms with van der Waals surface area (Å²) in [4.78, 5) is 15.1. The van der Waals surface area contributed by atoms with Gasteiger partial charge < -0.3 is 5.11 Å². The van der Waals surface area contributed by atoms with Gasteiger partial charge in [0.25, 0.3) is 0 Å². The molecule has 2 aromatic rings. The number of hydrogen-bond donors (Lipinski definition) is 1. The van der Waals surface area contributed by atoms with Crippen LogP contribution in [0.25, 0.3) is 0 Å². The van der Waals surface area contributed by atoms with Gasteiger partial charge in [0.05, 0.1) is 12.1 Å². The summed E-state index contributed by atoms with van der Waals surface area (Å²) in [7, 11) is 0. The molecular weight excluding hydrogens is 258 g/mol. The van der Waals surface area contributed by atoms with Crippen LogP contribution in [0, 0.1) is 13.8 Å². The first-order valence-electron chi connectivity index (χ1n) is 6.53. The van der Waals surface area contributed by atoms with Gasteiger partial charge in [-0.25, -0.2) is 9.67 Å². The third-order valence-electron chi connectivity index (χ3n) is 3.29. The Kier molecular flexibility index (Phi) is 3.87. The first-order valence-corrected chi connectivity index (χ1v) is 6.53. The fraction of sp³-hybridized carbons (Fsp3) is 0.538. The average molecular weight is 277 g/mol. The molecule has 7 nitrogen and oxygen atoms in total. The number of carboxylic acid groups (broad SMARTS) is 1. The van der Waals surface area contributed by atoms with Crippen LogP contribution in [0.15, 0.2) is 6.33 Å². The minimum absolute atomic E-state index is 0.00542. The summed E-state index contributed by atoms with van der Waals surface area (Å²) in [5.41, 5.74) is 2.39. The van der Waals surface area contributed by atoms with Gasteiger partial charge in [0.1, 0.15) is 18.7 Å². The van der Waals surface area contributed by atoms with Gasteiger partial charge in [-0.2, -0.15) is 10.2 Å². The lowest BCUT2D eigenvalue weighted by Gasteiger charge is -2.10. The lowest BCUT2D eigenvalue weighted by atomic mass is 10.1. The van der Waals surface area contributed by atoms with E-state index in [2.05, 4.69) is 15.2 Å². The van der Waals surface area contributed by atoms with Gasteiger partial charge in [-0.15, -0.1) is 0 Å². The van der Waals surface area contributed by atoms with Crippen molar-refractivity contribution in [1.82, 2.24) is 24.5 Å². The smallest absolute Gasteiger partial charge is 0.307 e. The Balaban J connectivity index is 2.30. The number of aryl methyl sites for hydroxylation is 1. The summed E-state index contributed by atoms with van der Waals surface area (Å²) < 4.78 is 3.63. The molecule has 2 heterocycles. The SMILES string of the molecule is Cc1nn(Cc2ncnn2C(C)C)c(C)c1CC(=O)O. The second-order valence-electron chi connectivity index (χ2n) is 5.09. The quantitative estimate of drug-likeness (QED) is 0.891. The first kappa shape index (κ1) is 14.2. The molecule has 0 unspecified atom stereocenters. The minimum Gasteiger partial charge on any atom is -0.481 e. The zero-order chi connectivity index (χ0) is 14.9. The van der Waals surface area contributed by atoms with E-state index in [1.807, 2.05) is 32.4 Å². The van der Waals surface area contributed by atoms with Crippen molar-refractivity contribution in [3.05, 3.63) is 29.1 Å². The van der Waals surface area contributed by atoms with Crippen molar-refractivity contribution in [1.29, 1.82) is 0 Å². The normalized spacial score (nSPS) is 11.2. The maximum Gasteiger partial charge on any atom is 0.307 e. The zero-order valence-corrected chi connectivity index (χ0v) is 12.2. The van der Waals surface area contributed by atoms with Gasteiger partial charge in [-0.1, -0.05) is 0 Å². The van der Waals surface area contributed by atoms with E-state index < -0.39 is 5.97 Å². The molecule has 0 aromatic carbocycles. The van der Waals surface area contributed by atoms with Crippen LogP contribution in [0.3, 0.4) is 0 Å². The predicted molar refractivity (Wildman–Crippen MR) is 72.5 cm³/mol. The Morgan fingerprint density at radius 3 is 2.70 bits per heavy atom. The molecule has 7 heteroatoms. The van der Waals surface area contributed by atoms with Gasteiger partial charge in [-0.05, 0) is 27.7 Å². The second-order valence-corrected chi connectivity index (χ2v) is 5.09. The maximum atomic E-state index is 10.9. The second kappa shape index (κ2) is 5.44. The monoisotopic (exact) mass is 277 g/mol. The van der Waals surface area contributed by atoms with Crippen LogP contribution in [-0.2, 0) is 17.8 Å². The summed E-state index contributed by atoms with van der Waals surface area (Å²) >= 11 is 0. The topological polar surface area (TPSA) is 85.8 Å². The van der Waals surface area contributed by atoms with E-state index in [0.29, 0.717) is 6.54 Å². The molecule has 108 valence electrons. The van der Waals surface area contributed by atoms with Crippen LogP contribution in [0.1, 0.15) is 42.7 Å². The lowest BCUT2D eigenvalue weighted by Crippen LogP contribution is -2.14. The molecule has 0 saturated heterocycles. The van der Waals surface area contributed by atoms with Crippen molar-refractivity contribution >= 4 is 5.97 Å². The molecule has 2 rings (SSSR count). The van der Waals surface area contributed by atoms with Crippen molar-refractivity contribution in [2.24, 2.45) is 0 Å². The van der Waals surface area contributed by atoms with Crippen LogP contribution in [0.2, 0.25) is 0 Å². The van der Waals surface area contributed by atoms with Crippen LogP contribution in [0.4, 0.5) is 0 Å². The number of carbonyl (C=O) groups is 1.